The fraction of sp³-hybridized carbons (Fsp3) is 0.500. The lowest BCUT2D eigenvalue weighted by molar-refractivity contribution is -0.139. The number of hydrogen-bond donors (Lipinski definition) is 1. The second-order valence-electron chi connectivity index (χ2n) is 5.21. The van der Waals surface area contributed by atoms with Gasteiger partial charge in [0.2, 0.25) is 10.0 Å². The van der Waals surface area contributed by atoms with E-state index in [9.17, 15) is 26.7 Å². The predicted molar refractivity (Wildman–Crippen MR) is 72.6 cm³/mol. The van der Waals surface area contributed by atoms with Gasteiger partial charge in [0.15, 0.2) is 0 Å². The van der Waals surface area contributed by atoms with Crippen LogP contribution in [-0.2, 0) is 16.2 Å². The molecular weight excluding hydrogens is 331 g/mol. The van der Waals surface area contributed by atoms with Crippen LogP contribution >= 0.6 is 11.6 Å². The van der Waals surface area contributed by atoms with Crippen molar-refractivity contribution in [2.45, 2.75) is 30.5 Å². The number of rotatable bonds is 4. The van der Waals surface area contributed by atoms with Gasteiger partial charge in [0.05, 0.1) is 16.1 Å². The van der Waals surface area contributed by atoms with Gasteiger partial charge >= 0.3 is 6.18 Å². The van der Waals surface area contributed by atoms with Crippen LogP contribution in [0.3, 0.4) is 0 Å². The highest BCUT2D eigenvalue weighted by Crippen LogP contribution is 2.36. The summed E-state index contributed by atoms with van der Waals surface area (Å²) in [5.74, 6) is 0. The average Bonchev–Trinajstić information content (AvgIpc) is 2.24. The Balaban J connectivity index is 3.39. The van der Waals surface area contributed by atoms with E-state index in [4.69, 9.17) is 11.6 Å². The second-order valence-corrected chi connectivity index (χ2v) is 7.66. The average molecular weight is 346 g/mol. The summed E-state index contributed by atoms with van der Waals surface area (Å²) in [7, 11) is -3.31. The largest absolute Gasteiger partial charge is 0.417 e. The van der Waals surface area contributed by atoms with Gasteiger partial charge in [-0.25, -0.2) is 8.42 Å². The van der Waals surface area contributed by atoms with Crippen molar-refractivity contribution in [1.29, 1.82) is 0 Å². The van der Waals surface area contributed by atoms with Gasteiger partial charge in [-0.2, -0.15) is 17.5 Å². The van der Waals surface area contributed by atoms with Gasteiger partial charge < -0.3 is 5.11 Å². The van der Waals surface area contributed by atoms with Crippen molar-refractivity contribution in [3.8, 4) is 0 Å². The minimum Gasteiger partial charge on any atom is -0.389 e. The zero-order chi connectivity index (χ0) is 16.6. The Bertz CT molecular complexity index is 624. The van der Waals surface area contributed by atoms with Gasteiger partial charge in [-0.05, 0) is 32.0 Å². The summed E-state index contributed by atoms with van der Waals surface area (Å²) in [5, 5.41) is 9.41. The van der Waals surface area contributed by atoms with Gasteiger partial charge in [-0.1, -0.05) is 11.6 Å². The molecule has 0 unspecified atom stereocenters. The SMILES string of the molecule is CN(CC(C)(C)O)S(=O)(=O)c1ccc(Cl)cc1C(F)(F)F. The molecule has 0 heterocycles. The monoisotopic (exact) mass is 345 g/mol. The van der Waals surface area contributed by atoms with Crippen LogP contribution in [0, 0.1) is 0 Å². The van der Waals surface area contributed by atoms with E-state index >= 15 is 0 Å². The maximum atomic E-state index is 13.0. The number of alkyl halides is 3. The van der Waals surface area contributed by atoms with Gasteiger partial charge in [0, 0.05) is 18.6 Å². The van der Waals surface area contributed by atoms with E-state index in [0.29, 0.717) is 10.4 Å². The Kier molecular flexibility index (Phi) is 4.99. The normalized spacial score (nSPS) is 13.8. The fourth-order valence-corrected chi connectivity index (χ4v) is 3.43. The summed E-state index contributed by atoms with van der Waals surface area (Å²) >= 11 is 5.51. The lowest BCUT2D eigenvalue weighted by Gasteiger charge is -2.26. The fourth-order valence-electron chi connectivity index (χ4n) is 1.75. The number of benzene rings is 1. The molecule has 0 aromatic heterocycles. The summed E-state index contributed by atoms with van der Waals surface area (Å²) in [4.78, 5) is -0.897. The highest BCUT2D eigenvalue weighted by molar-refractivity contribution is 7.89. The van der Waals surface area contributed by atoms with Gasteiger partial charge in [-0.15, -0.1) is 0 Å². The Hall–Kier alpha value is -0.830. The second kappa shape index (κ2) is 5.75. The molecule has 1 N–H and O–H groups in total. The van der Waals surface area contributed by atoms with Gasteiger partial charge in [-0.3, -0.25) is 0 Å². The van der Waals surface area contributed by atoms with Crippen molar-refractivity contribution in [1.82, 2.24) is 4.31 Å². The van der Waals surface area contributed by atoms with E-state index < -0.39 is 32.3 Å². The molecule has 120 valence electrons. The van der Waals surface area contributed by atoms with Crippen molar-refractivity contribution >= 4 is 21.6 Å². The molecular formula is C12H15ClF3NO3S. The molecule has 0 saturated heterocycles. The molecule has 0 amide bonds. The zero-order valence-electron chi connectivity index (χ0n) is 11.6. The first-order valence-corrected chi connectivity index (χ1v) is 7.62. The zero-order valence-corrected chi connectivity index (χ0v) is 13.1. The number of nitrogens with zero attached hydrogens (tertiary/aromatic N) is 1. The van der Waals surface area contributed by atoms with Crippen LogP contribution in [0.25, 0.3) is 0 Å². The molecule has 21 heavy (non-hydrogen) atoms. The minimum atomic E-state index is -4.86. The molecule has 1 rings (SSSR count). The Morgan fingerprint density at radius 3 is 2.24 bits per heavy atom. The Morgan fingerprint density at radius 1 is 1.29 bits per heavy atom. The van der Waals surface area contributed by atoms with E-state index in [1.54, 1.807) is 0 Å². The molecule has 0 aliphatic rings. The van der Waals surface area contributed by atoms with E-state index in [-0.39, 0.29) is 11.6 Å². The third-order valence-electron chi connectivity index (χ3n) is 2.54. The molecule has 9 heteroatoms. The topological polar surface area (TPSA) is 57.6 Å². The van der Waals surface area contributed by atoms with Crippen molar-refractivity contribution in [2.75, 3.05) is 13.6 Å². The smallest absolute Gasteiger partial charge is 0.389 e. The molecule has 0 radical (unpaired) electrons. The molecule has 0 saturated carbocycles. The summed E-state index contributed by atoms with van der Waals surface area (Å²) in [5.41, 5.74) is -2.72. The van der Waals surface area contributed by atoms with Gasteiger partial charge in [0.1, 0.15) is 0 Å². The summed E-state index contributed by atoms with van der Waals surface area (Å²) < 4.78 is 64.1. The number of halogens is 4. The highest BCUT2D eigenvalue weighted by Gasteiger charge is 2.39. The summed E-state index contributed by atoms with van der Waals surface area (Å²) in [6.07, 6.45) is -4.86. The van der Waals surface area contributed by atoms with Crippen LogP contribution in [0.2, 0.25) is 5.02 Å². The molecule has 0 aliphatic heterocycles. The number of likely N-dealkylation sites (N-methyl/N-ethyl adjacent to an activating group) is 1. The van der Waals surface area contributed by atoms with Crippen molar-refractivity contribution < 1.29 is 26.7 Å². The number of hydrogen-bond acceptors (Lipinski definition) is 3. The van der Waals surface area contributed by atoms with E-state index in [1.165, 1.54) is 13.8 Å². The predicted octanol–water partition coefficient (Wildman–Crippen LogP) is 2.75. The molecule has 0 bridgehead atoms. The molecule has 0 spiro atoms. The van der Waals surface area contributed by atoms with Crippen LogP contribution in [0.5, 0.6) is 0 Å². The van der Waals surface area contributed by atoms with E-state index in [2.05, 4.69) is 0 Å². The first-order chi connectivity index (χ1) is 9.25. The van der Waals surface area contributed by atoms with Crippen LogP contribution in [0.4, 0.5) is 13.2 Å². The third kappa shape index (κ3) is 4.57. The van der Waals surface area contributed by atoms with Crippen LogP contribution in [-0.4, -0.2) is 37.0 Å². The Labute approximate surface area is 126 Å². The van der Waals surface area contributed by atoms with Crippen molar-refractivity contribution in [2.24, 2.45) is 0 Å². The molecule has 1 aromatic carbocycles. The summed E-state index contributed by atoms with van der Waals surface area (Å²) in [6.45, 7) is 2.35. The first-order valence-electron chi connectivity index (χ1n) is 5.80. The standard InChI is InChI=1S/C12H15ClF3NO3S/c1-11(2,18)7-17(3)21(19,20)10-5-4-8(13)6-9(10)12(14,15)16/h4-6,18H,7H2,1-3H3. The Morgan fingerprint density at radius 2 is 1.81 bits per heavy atom. The molecule has 1 aromatic rings. The lowest BCUT2D eigenvalue weighted by Crippen LogP contribution is -2.40. The van der Waals surface area contributed by atoms with Crippen LogP contribution in [0.1, 0.15) is 19.4 Å². The van der Waals surface area contributed by atoms with Crippen molar-refractivity contribution in [3.05, 3.63) is 28.8 Å². The summed E-state index contributed by atoms with van der Waals surface area (Å²) in [6, 6.07) is 2.44. The molecule has 0 fully saturated rings. The molecule has 0 atom stereocenters. The quantitative estimate of drug-likeness (QED) is 0.913. The van der Waals surface area contributed by atoms with Crippen LogP contribution < -0.4 is 0 Å². The molecule has 0 aliphatic carbocycles. The highest BCUT2D eigenvalue weighted by atomic mass is 35.5. The number of aliphatic hydroxyl groups is 1. The molecule has 4 nitrogen and oxygen atoms in total. The third-order valence-corrected chi connectivity index (χ3v) is 4.64. The van der Waals surface area contributed by atoms with Crippen molar-refractivity contribution in [3.63, 3.8) is 0 Å². The lowest BCUT2D eigenvalue weighted by atomic mass is 10.1. The van der Waals surface area contributed by atoms with Crippen LogP contribution in [0.15, 0.2) is 23.1 Å². The minimum absolute atomic E-state index is 0.216. The number of sulfonamides is 1. The van der Waals surface area contributed by atoms with Gasteiger partial charge in [0.25, 0.3) is 0 Å². The maximum absolute atomic E-state index is 13.0. The van der Waals surface area contributed by atoms with E-state index in [0.717, 1.165) is 19.2 Å². The first kappa shape index (κ1) is 18.2. The van der Waals surface area contributed by atoms with E-state index in [1.807, 2.05) is 0 Å². The maximum Gasteiger partial charge on any atom is 0.417 e.